The maximum Gasteiger partial charge on any atom is 0.232 e. The highest BCUT2D eigenvalue weighted by atomic mass is 32.2. The number of nitrogens with zero attached hydrogens (tertiary/aromatic N) is 6. The molecule has 2 N–H and O–H groups in total. The molecule has 0 aromatic carbocycles. The fraction of sp³-hybridized carbons (Fsp3) is 0.333. The van der Waals surface area contributed by atoms with Crippen molar-refractivity contribution in [2.75, 3.05) is 6.67 Å². The molecule has 4 aromatic rings. The zero-order valence-electron chi connectivity index (χ0n) is 19.2. The topological polar surface area (TPSA) is 125 Å². The number of oxazole rings is 1. The first-order valence-corrected chi connectivity index (χ1v) is 12.1. The first-order valence-electron chi connectivity index (χ1n) is 11.3. The summed E-state index contributed by atoms with van der Waals surface area (Å²) in [7, 11) is 0. The summed E-state index contributed by atoms with van der Waals surface area (Å²) in [6.07, 6.45) is 8.43. The van der Waals surface area contributed by atoms with Gasteiger partial charge in [0.15, 0.2) is 11.8 Å². The second-order valence-corrected chi connectivity index (χ2v) is 10.5. The van der Waals surface area contributed by atoms with Gasteiger partial charge in [-0.1, -0.05) is 11.8 Å². The van der Waals surface area contributed by atoms with Crippen LogP contribution in [0.5, 0.6) is 5.75 Å². The van der Waals surface area contributed by atoms with Crippen molar-refractivity contribution in [3.8, 4) is 5.75 Å². The summed E-state index contributed by atoms with van der Waals surface area (Å²) in [5.41, 5.74) is 7.89. The summed E-state index contributed by atoms with van der Waals surface area (Å²) < 4.78 is 39.0. The standard InChI is InChI=1S/C24H21F2N7O2S/c1-23(18-7-24(18,11-25)36-22(27)33-23)15-4-13(8-30-21(15)26)5-16-20-17(32-12-31-16)6-14(9-29-20)35-10-19-28-2-3-34-19/h2-4,6,8-9,12,18H,5,7,10-11H2,1H3,(H2,27,33)/t18-,23+,24+/m0/s1. The van der Waals surface area contributed by atoms with E-state index in [2.05, 4.69) is 29.9 Å². The van der Waals surface area contributed by atoms with Gasteiger partial charge < -0.3 is 14.9 Å². The van der Waals surface area contributed by atoms with Crippen molar-refractivity contribution in [2.24, 2.45) is 16.6 Å². The molecule has 9 nitrogen and oxygen atoms in total. The summed E-state index contributed by atoms with van der Waals surface area (Å²) in [5, 5.41) is 0.264. The number of hydrogen-bond donors (Lipinski definition) is 1. The molecule has 12 heteroatoms. The number of halogens is 2. The van der Waals surface area contributed by atoms with Gasteiger partial charge in [-0.25, -0.2) is 29.3 Å². The van der Waals surface area contributed by atoms with Gasteiger partial charge in [-0.2, -0.15) is 4.39 Å². The molecule has 1 saturated carbocycles. The second-order valence-electron chi connectivity index (χ2n) is 9.09. The molecule has 0 radical (unpaired) electrons. The normalized spacial score (nSPS) is 24.9. The van der Waals surface area contributed by atoms with E-state index in [-0.39, 0.29) is 17.7 Å². The van der Waals surface area contributed by atoms with Gasteiger partial charge in [-0.05, 0) is 25.0 Å². The quantitative estimate of drug-likeness (QED) is 0.371. The van der Waals surface area contributed by atoms with Crippen LogP contribution in [0, 0.1) is 11.9 Å². The highest BCUT2D eigenvalue weighted by Gasteiger charge is 2.66. The molecule has 184 valence electrons. The lowest BCUT2D eigenvalue weighted by molar-refractivity contribution is 0.262. The fourth-order valence-electron chi connectivity index (χ4n) is 4.86. The number of alkyl halides is 1. The molecule has 0 bridgehead atoms. The number of aromatic nitrogens is 5. The third kappa shape index (κ3) is 3.85. The molecule has 0 spiro atoms. The zero-order valence-corrected chi connectivity index (χ0v) is 20.0. The number of nitrogens with two attached hydrogens (primary N) is 1. The van der Waals surface area contributed by atoms with Crippen LogP contribution in [0.15, 0.2) is 52.7 Å². The molecule has 0 unspecified atom stereocenters. The Balaban J connectivity index is 1.29. The van der Waals surface area contributed by atoms with Crippen LogP contribution in [-0.4, -0.2) is 41.5 Å². The lowest BCUT2D eigenvalue weighted by Crippen LogP contribution is -2.37. The van der Waals surface area contributed by atoms with E-state index in [0.717, 1.165) is 5.56 Å². The summed E-state index contributed by atoms with van der Waals surface area (Å²) in [5.74, 6) is 0.165. The van der Waals surface area contributed by atoms with Gasteiger partial charge >= 0.3 is 0 Å². The Bertz CT molecular complexity index is 1480. The van der Waals surface area contributed by atoms with E-state index in [1.165, 1.54) is 30.5 Å². The summed E-state index contributed by atoms with van der Waals surface area (Å²) in [6.45, 7) is 1.43. The molecule has 1 aliphatic heterocycles. The molecule has 1 aliphatic carbocycles. The van der Waals surface area contributed by atoms with Crippen LogP contribution in [0.2, 0.25) is 0 Å². The lowest BCUT2D eigenvalue weighted by atomic mass is 9.86. The van der Waals surface area contributed by atoms with Crippen LogP contribution >= 0.6 is 11.8 Å². The lowest BCUT2D eigenvalue weighted by Gasteiger charge is -2.33. The van der Waals surface area contributed by atoms with Crippen LogP contribution in [0.25, 0.3) is 11.0 Å². The fourth-order valence-corrected chi connectivity index (χ4v) is 6.19. The number of pyridine rings is 2. The van der Waals surface area contributed by atoms with E-state index in [4.69, 9.17) is 14.9 Å². The Kier molecular flexibility index (Phi) is 5.36. The van der Waals surface area contributed by atoms with Gasteiger partial charge in [-0.15, -0.1) is 0 Å². The molecule has 6 rings (SSSR count). The summed E-state index contributed by atoms with van der Waals surface area (Å²) in [4.78, 5) is 25.8. The average molecular weight is 510 g/mol. The number of rotatable bonds is 7. The first kappa shape index (κ1) is 22.8. The van der Waals surface area contributed by atoms with Crippen molar-refractivity contribution in [1.82, 2.24) is 24.9 Å². The Morgan fingerprint density at radius 2 is 2.08 bits per heavy atom. The van der Waals surface area contributed by atoms with Gasteiger partial charge in [0.05, 0.1) is 33.9 Å². The molecule has 3 atom stereocenters. The predicted molar refractivity (Wildman–Crippen MR) is 129 cm³/mol. The predicted octanol–water partition coefficient (Wildman–Crippen LogP) is 3.72. The minimum absolute atomic E-state index is 0.157. The molecule has 5 heterocycles. The highest BCUT2D eigenvalue weighted by Crippen LogP contribution is 2.65. The minimum atomic E-state index is -0.990. The maximum atomic E-state index is 15.0. The van der Waals surface area contributed by atoms with Crippen molar-refractivity contribution in [1.29, 1.82) is 0 Å². The SMILES string of the molecule is C[C@]1(c2cc(Cc3ncnc4cc(OCc5ncco5)cnc34)cnc2F)N=C(N)S[C@@]2(CF)C[C@H]21. The summed E-state index contributed by atoms with van der Waals surface area (Å²) in [6, 6.07) is 3.48. The van der Waals surface area contributed by atoms with E-state index in [1.807, 2.05) is 0 Å². The smallest absolute Gasteiger partial charge is 0.232 e. The van der Waals surface area contributed by atoms with Gasteiger partial charge in [0.2, 0.25) is 11.8 Å². The maximum absolute atomic E-state index is 15.0. The number of aliphatic imine (C=N–C) groups is 1. The van der Waals surface area contributed by atoms with Crippen molar-refractivity contribution >= 4 is 28.0 Å². The van der Waals surface area contributed by atoms with E-state index < -0.39 is 22.9 Å². The van der Waals surface area contributed by atoms with Crippen LogP contribution in [0.1, 0.15) is 36.1 Å². The van der Waals surface area contributed by atoms with E-state index >= 15 is 0 Å². The van der Waals surface area contributed by atoms with Gasteiger partial charge in [0.25, 0.3) is 0 Å². The van der Waals surface area contributed by atoms with Gasteiger partial charge in [0, 0.05) is 30.2 Å². The Hall–Kier alpha value is -3.67. The third-order valence-electron chi connectivity index (χ3n) is 6.76. The van der Waals surface area contributed by atoms with Crippen LogP contribution in [0.3, 0.4) is 0 Å². The molecule has 4 aromatic heterocycles. The first-order chi connectivity index (χ1) is 17.4. The van der Waals surface area contributed by atoms with Gasteiger partial charge in [-0.3, -0.25) is 4.99 Å². The van der Waals surface area contributed by atoms with Crippen LogP contribution in [0.4, 0.5) is 8.78 Å². The minimum Gasteiger partial charge on any atom is -0.482 e. The van der Waals surface area contributed by atoms with E-state index in [9.17, 15) is 8.78 Å². The molecule has 0 amide bonds. The van der Waals surface area contributed by atoms with Crippen molar-refractivity contribution < 1.29 is 17.9 Å². The van der Waals surface area contributed by atoms with Crippen molar-refractivity contribution in [3.63, 3.8) is 0 Å². The molecule has 36 heavy (non-hydrogen) atoms. The Morgan fingerprint density at radius 3 is 2.89 bits per heavy atom. The van der Waals surface area contributed by atoms with Crippen LogP contribution in [-0.2, 0) is 18.6 Å². The molecular weight excluding hydrogens is 488 g/mol. The average Bonchev–Trinajstić information content (AvgIpc) is 3.38. The Labute approximate surface area is 208 Å². The highest BCUT2D eigenvalue weighted by molar-refractivity contribution is 8.15. The zero-order chi connectivity index (χ0) is 24.9. The number of fused-ring (bicyclic) bond motifs is 2. The third-order valence-corrected chi connectivity index (χ3v) is 8.03. The Morgan fingerprint density at radius 1 is 1.19 bits per heavy atom. The van der Waals surface area contributed by atoms with E-state index in [0.29, 0.717) is 46.8 Å². The van der Waals surface area contributed by atoms with E-state index in [1.54, 1.807) is 31.5 Å². The number of thioether (sulfide) groups is 1. The summed E-state index contributed by atoms with van der Waals surface area (Å²) >= 11 is 1.24. The molecular formula is C24H21F2N7O2S. The molecule has 0 saturated heterocycles. The van der Waals surface area contributed by atoms with Gasteiger partial charge in [0.1, 0.15) is 30.5 Å². The number of ether oxygens (including phenoxy) is 1. The largest absolute Gasteiger partial charge is 0.482 e. The monoisotopic (exact) mass is 509 g/mol. The molecule has 1 fully saturated rings. The second kappa shape index (κ2) is 8.47. The van der Waals surface area contributed by atoms with Crippen LogP contribution < -0.4 is 10.5 Å². The van der Waals surface area contributed by atoms with Crippen molar-refractivity contribution in [3.05, 3.63) is 72.0 Å². The van der Waals surface area contributed by atoms with Crippen molar-refractivity contribution in [2.45, 2.75) is 36.7 Å². The molecule has 2 aliphatic rings. The number of amidine groups is 1. The number of hydrogen-bond acceptors (Lipinski definition) is 10.